The molecule has 0 saturated carbocycles. The summed E-state index contributed by atoms with van der Waals surface area (Å²) in [6.45, 7) is 0. The fourth-order valence-electron chi connectivity index (χ4n) is 2.46. The summed E-state index contributed by atoms with van der Waals surface area (Å²) >= 11 is 11.1. The molecule has 106 valence electrons. The van der Waals surface area contributed by atoms with E-state index < -0.39 is 0 Å². The van der Waals surface area contributed by atoms with Crippen LogP contribution < -0.4 is 5.73 Å². The highest BCUT2D eigenvalue weighted by Gasteiger charge is 2.30. The van der Waals surface area contributed by atoms with Gasteiger partial charge in [-0.15, -0.1) is 0 Å². The molecule has 0 fully saturated rings. The van der Waals surface area contributed by atoms with E-state index in [2.05, 4.69) is 5.10 Å². The molecule has 1 aliphatic heterocycles. The lowest BCUT2D eigenvalue weighted by atomic mass is 9.99. The van der Waals surface area contributed by atoms with Crippen molar-refractivity contribution in [2.24, 2.45) is 10.8 Å². The molecular weight excluding hydrogens is 302 g/mol. The smallest absolute Gasteiger partial charge is 0.187 e. The van der Waals surface area contributed by atoms with Crippen LogP contribution in [0.25, 0.3) is 0 Å². The van der Waals surface area contributed by atoms with E-state index in [0.29, 0.717) is 5.02 Å². The second kappa shape index (κ2) is 5.84. The van der Waals surface area contributed by atoms with Crippen LogP contribution in [0.1, 0.15) is 23.6 Å². The molecule has 0 aromatic heterocycles. The molecule has 0 bridgehead atoms. The quantitative estimate of drug-likeness (QED) is 0.858. The lowest BCUT2D eigenvalue weighted by Gasteiger charge is -2.21. The molecule has 3 rings (SSSR count). The molecule has 5 heteroatoms. The maximum Gasteiger partial charge on any atom is 0.187 e. The first-order chi connectivity index (χ1) is 10.1. The van der Waals surface area contributed by atoms with Gasteiger partial charge in [-0.1, -0.05) is 54.1 Å². The summed E-state index contributed by atoms with van der Waals surface area (Å²) in [4.78, 5) is 0. The zero-order chi connectivity index (χ0) is 14.8. The van der Waals surface area contributed by atoms with Crippen LogP contribution in [0.4, 0.5) is 0 Å². The molecule has 0 radical (unpaired) electrons. The molecule has 0 unspecified atom stereocenters. The Morgan fingerprint density at radius 1 is 1.14 bits per heavy atom. The fourth-order valence-corrected chi connectivity index (χ4v) is 2.76. The van der Waals surface area contributed by atoms with E-state index in [1.807, 2.05) is 54.6 Å². The van der Waals surface area contributed by atoms with Gasteiger partial charge in [0, 0.05) is 11.4 Å². The summed E-state index contributed by atoms with van der Waals surface area (Å²) < 4.78 is 0. The van der Waals surface area contributed by atoms with Gasteiger partial charge in [-0.25, -0.2) is 5.01 Å². The average molecular weight is 316 g/mol. The van der Waals surface area contributed by atoms with Crippen molar-refractivity contribution in [1.82, 2.24) is 5.01 Å². The zero-order valence-corrected chi connectivity index (χ0v) is 12.8. The molecule has 0 spiro atoms. The van der Waals surface area contributed by atoms with Crippen LogP contribution in [-0.2, 0) is 0 Å². The highest BCUT2D eigenvalue weighted by molar-refractivity contribution is 7.80. The van der Waals surface area contributed by atoms with Crippen LogP contribution >= 0.6 is 23.8 Å². The van der Waals surface area contributed by atoms with Gasteiger partial charge in [0.2, 0.25) is 0 Å². The fraction of sp³-hybridized carbons (Fsp3) is 0.125. The first-order valence-corrected chi connectivity index (χ1v) is 7.41. The van der Waals surface area contributed by atoms with Gasteiger partial charge in [-0.05, 0) is 35.5 Å². The molecule has 2 N–H and O–H groups in total. The van der Waals surface area contributed by atoms with Gasteiger partial charge in [0.05, 0.1) is 11.8 Å². The van der Waals surface area contributed by atoms with E-state index in [1.165, 1.54) is 0 Å². The Bertz CT molecular complexity index is 682. The normalized spacial score (nSPS) is 17.7. The predicted molar refractivity (Wildman–Crippen MR) is 90.4 cm³/mol. The van der Waals surface area contributed by atoms with Crippen LogP contribution in [0.2, 0.25) is 5.02 Å². The van der Waals surface area contributed by atoms with Gasteiger partial charge in [0.1, 0.15) is 0 Å². The molecule has 3 nitrogen and oxygen atoms in total. The molecule has 0 saturated heterocycles. The first kappa shape index (κ1) is 14.0. The molecule has 2 aromatic rings. The summed E-state index contributed by atoms with van der Waals surface area (Å²) in [5.74, 6) is 0. The van der Waals surface area contributed by atoms with Crippen LogP contribution in [0, 0.1) is 0 Å². The number of benzene rings is 2. The highest BCUT2D eigenvalue weighted by atomic mass is 35.5. The van der Waals surface area contributed by atoms with E-state index >= 15 is 0 Å². The van der Waals surface area contributed by atoms with Crippen molar-refractivity contribution < 1.29 is 0 Å². The Labute approximate surface area is 134 Å². The summed E-state index contributed by atoms with van der Waals surface area (Å²) in [7, 11) is 0. The van der Waals surface area contributed by atoms with Crippen molar-refractivity contribution in [3.05, 3.63) is 70.7 Å². The van der Waals surface area contributed by atoms with Crippen molar-refractivity contribution in [2.45, 2.75) is 12.5 Å². The minimum Gasteiger partial charge on any atom is -0.375 e. The molecule has 0 amide bonds. The minimum atomic E-state index is 0.0231. The van der Waals surface area contributed by atoms with Gasteiger partial charge < -0.3 is 5.73 Å². The molecule has 2 aromatic carbocycles. The standard InChI is InChI=1S/C16H14ClN3S/c17-13-8-6-12(7-9-13)15-10-14(19-20(15)16(18)21)11-4-2-1-3-5-11/h1-9,15H,10H2,(H2,18,21)/t15-/m1/s1. The first-order valence-electron chi connectivity index (χ1n) is 6.62. The number of rotatable bonds is 2. The molecule has 1 atom stereocenters. The predicted octanol–water partition coefficient (Wildman–Crippen LogP) is 3.73. The topological polar surface area (TPSA) is 41.6 Å². The van der Waals surface area contributed by atoms with Gasteiger partial charge in [-0.3, -0.25) is 0 Å². The SMILES string of the molecule is NC(=S)N1N=C(c2ccccc2)C[C@@H]1c1ccc(Cl)cc1. The summed E-state index contributed by atoms with van der Waals surface area (Å²) in [5.41, 5.74) is 9.00. The van der Waals surface area contributed by atoms with Crippen molar-refractivity contribution in [2.75, 3.05) is 0 Å². The van der Waals surface area contributed by atoms with Gasteiger partial charge in [-0.2, -0.15) is 5.10 Å². The summed E-state index contributed by atoms with van der Waals surface area (Å²) in [6.07, 6.45) is 0.767. The molecule has 0 aliphatic carbocycles. The molecular formula is C16H14ClN3S. The lowest BCUT2D eigenvalue weighted by Crippen LogP contribution is -2.31. The Hall–Kier alpha value is -1.91. The maximum absolute atomic E-state index is 5.95. The number of nitrogens with two attached hydrogens (primary N) is 1. The van der Waals surface area contributed by atoms with E-state index in [1.54, 1.807) is 5.01 Å². The lowest BCUT2D eigenvalue weighted by molar-refractivity contribution is 0.373. The van der Waals surface area contributed by atoms with Gasteiger partial charge >= 0.3 is 0 Å². The second-order valence-electron chi connectivity index (χ2n) is 4.87. The maximum atomic E-state index is 5.95. The van der Waals surface area contributed by atoms with E-state index in [4.69, 9.17) is 29.6 Å². The highest BCUT2D eigenvalue weighted by Crippen LogP contribution is 2.32. The van der Waals surface area contributed by atoms with Crippen LogP contribution in [0.15, 0.2) is 59.7 Å². The summed E-state index contributed by atoms with van der Waals surface area (Å²) in [5, 5.41) is 7.29. The number of hydrazone groups is 1. The van der Waals surface area contributed by atoms with Crippen LogP contribution in [0.3, 0.4) is 0 Å². The third-order valence-electron chi connectivity index (χ3n) is 3.50. The van der Waals surface area contributed by atoms with E-state index in [-0.39, 0.29) is 11.2 Å². The minimum absolute atomic E-state index is 0.0231. The average Bonchev–Trinajstić information content (AvgIpc) is 2.94. The van der Waals surface area contributed by atoms with Crippen molar-refractivity contribution in [1.29, 1.82) is 0 Å². The largest absolute Gasteiger partial charge is 0.375 e. The number of hydrogen-bond acceptors (Lipinski definition) is 2. The number of nitrogens with zero attached hydrogens (tertiary/aromatic N) is 2. The molecule has 1 aliphatic rings. The summed E-state index contributed by atoms with van der Waals surface area (Å²) in [6, 6.07) is 17.8. The van der Waals surface area contributed by atoms with Crippen molar-refractivity contribution in [3.8, 4) is 0 Å². The zero-order valence-electron chi connectivity index (χ0n) is 11.2. The number of thiocarbonyl (C=S) groups is 1. The molecule has 21 heavy (non-hydrogen) atoms. The number of hydrogen-bond donors (Lipinski definition) is 1. The Kier molecular flexibility index (Phi) is 3.90. The van der Waals surface area contributed by atoms with Crippen LogP contribution in [-0.4, -0.2) is 15.8 Å². The van der Waals surface area contributed by atoms with E-state index in [9.17, 15) is 0 Å². The Balaban J connectivity index is 1.93. The van der Waals surface area contributed by atoms with Crippen molar-refractivity contribution in [3.63, 3.8) is 0 Å². The Morgan fingerprint density at radius 2 is 1.81 bits per heavy atom. The van der Waals surface area contributed by atoms with Crippen LogP contribution in [0.5, 0.6) is 0 Å². The molecule has 1 heterocycles. The monoisotopic (exact) mass is 315 g/mol. The van der Waals surface area contributed by atoms with Gasteiger partial charge in [0.15, 0.2) is 5.11 Å². The van der Waals surface area contributed by atoms with Crippen molar-refractivity contribution >= 4 is 34.6 Å². The second-order valence-corrected chi connectivity index (χ2v) is 5.72. The van der Waals surface area contributed by atoms with E-state index in [0.717, 1.165) is 23.3 Å². The Morgan fingerprint density at radius 3 is 2.43 bits per heavy atom. The van der Waals surface area contributed by atoms with Gasteiger partial charge in [0.25, 0.3) is 0 Å². The number of halogens is 1. The third-order valence-corrected chi connectivity index (χ3v) is 3.94. The third kappa shape index (κ3) is 2.91.